The Hall–Kier alpha value is -1.06. The monoisotopic (exact) mass is 229 g/mol. The lowest BCUT2D eigenvalue weighted by atomic mass is 9.98. The van der Waals surface area contributed by atoms with Gasteiger partial charge in [-0.15, -0.1) is 0 Å². The first kappa shape index (κ1) is 14.9. The van der Waals surface area contributed by atoms with Crippen LogP contribution in [0, 0.1) is 11.8 Å². The second kappa shape index (κ2) is 8.13. The first-order valence-electron chi connectivity index (χ1n) is 5.92. The maximum Gasteiger partial charge on any atom is 0.303 e. The standard InChI is InChI=1S/C12H23NO3/c1-9(2)10(3)8-13-11(14)6-4-5-7-12(15)16/h9-10H,4-8H2,1-3H3,(H,13,14)(H,15,16). The third kappa shape index (κ3) is 8.26. The maximum absolute atomic E-state index is 11.4. The van der Waals surface area contributed by atoms with Gasteiger partial charge in [-0.25, -0.2) is 0 Å². The number of carboxylic acid groups (broad SMARTS) is 1. The van der Waals surface area contributed by atoms with Gasteiger partial charge in [-0.1, -0.05) is 20.8 Å². The number of hydrogen-bond acceptors (Lipinski definition) is 2. The van der Waals surface area contributed by atoms with Crippen molar-refractivity contribution in [3.8, 4) is 0 Å². The first-order chi connectivity index (χ1) is 7.43. The van der Waals surface area contributed by atoms with Crippen LogP contribution in [0.3, 0.4) is 0 Å². The molecule has 0 aromatic rings. The highest BCUT2D eigenvalue weighted by Gasteiger charge is 2.08. The molecule has 0 aromatic carbocycles. The Bertz CT molecular complexity index is 226. The second-order valence-corrected chi connectivity index (χ2v) is 4.63. The Morgan fingerprint density at radius 2 is 1.69 bits per heavy atom. The van der Waals surface area contributed by atoms with E-state index >= 15 is 0 Å². The normalized spacial score (nSPS) is 12.5. The van der Waals surface area contributed by atoms with E-state index in [1.165, 1.54) is 0 Å². The van der Waals surface area contributed by atoms with E-state index in [1.807, 2.05) is 0 Å². The smallest absolute Gasteiger partial charge is 0.303 e. The Morgan fingerprint density at radius 3 is 2.19 bits per heavy atom. The maximum atomic E-state index is 11.4. The van der Waals surface area contributed by atoms with Gasteiger partial charge in [0.05, 0.1) is 0 Å². The number of carbonyl (C=O) groups excluding carboxylic acids is 1. The lowest BCUT2D eigenvalue weighted by Gasteiger charge is -2.15. The topological polar surface area (TPSA) is 66.4 Å². The van der Waals surface area contributed by atoms with E-state index < -0.39 is 5.97 Å². The summed E-state index contributed by atoms with van der Waals surface area (Å²) in [5.41, 5.74) is 0. The second-order valence-electron chi connectivity index (χ2n) is 4.63. The lowest BCUT2D eigenvalue weighted by molar-refractivity contribution is -0.137. The van der Waals surface area contributed by atoms with Crippen LogP contribution in [0.2, 0.25) is 0 Å². The van der Waals surface area contributed by atoms with Crippen molar-refractivity contribution < 1.29 is 14.7 Å². The average molecular weight is 229 g/mol. The van der Waals surface area contributed by atoms with E-state index in [2.05, 4.69) is 26.1 Å². The minimum atomic E-state index is -0.797. The number of unbranched alkanes of at least 4 members (excludes halogenated alkanes) is 1. The van der Waals surface area contributed by atoms with Crippen molar-refractivity contribution in [3.63, 3.8) is 0 Å². The number of carbonyl (C=O) groups is 2. The number of hydrogen-bond donors (Lipinski definition) is 2. The molecule has 4 heteroatoms. The highest BCUT2D eigenvalue weighted by atomic mass is 16.4. The van der Waals surface area contributed by atoms with Gasteiger partial charge in [0.2, 0.25) is 5.91 Å². The number of carboxylic acids is 1. The van der Waals surface area contributed by atoms with E-state index in [-0.39, 0.29) is 12.3 Å². The fourth-order valence-corrected chi connectivity index (χ4v) is 1.16. The lowest BCUT2D eigenvalue weighted by Crippen LogP contribution is -2.29. The molecule has 0 saturated carbocycles. The number of aliphatic carboxylic acids is 1. The van der Waals surface area contributed by atoms with Crippen LogP contribution in [0.5, 0.6) is 0 Å². The molecule has 1 atom stereocenters. The van der Waals surface area contributed by atoms with Gasteiger partial charge in [0.15, 0.2) is 0 Å². The molecule has 0 saturated heterocycles. The Kier molecular flexibility index (Phi) is 7.60. The summed E-state index contributed by atoms with van der Waals surface area (Å²) in [6.07, 6.45) is 1.80. The zero-order chi connectivity index (χ0) is 12.6. The van der Waals surface area contributed by atoms with Crippen LogP contribution in [-0.2, 0) is 9.59 Å². The quantitative estimate of drug-likeness (QED) is 0.626. The molecule has 2 N–H and O–H groups in total. The van der Waals surface area contributed by atoms with Crippen LogP contribution in [0.4, 0.5) is 0 Å². The van der Waals surface area contributed by atoms with Crippen molar-refractivity contribution in [1.82, 2.24) is 5.32 Å². The van der Waals surface area contributed by atoms with Crippen molar-refractivity contribution in [1.29, 1.82) is 0 Å². The van der Waals surface area contributed by atoms with Crippen molar-refractivity contribution in [3.05, 3.63) is 0 Å². The summed E-state index contributed by atoms with van der Waals surface area (Å²) in [5.74, 6) is 0.266. The zero-order valence-electron chi connectivity index (χ0n) is 10.5. The summed E-state index contributed by atoms with van der Waals surface area (Å²) in [7, 11) is 0. The molecule has 0 aromatic heterocycles. The van der Waals surface area contributed by atoms with Crippen LogP contribution < -0.4 is 5.32 Å². The Labute approximate surface area is 97.4 Å². The summed E-state index contributed by atoms with van der Waals surface area (Å²) < 4.78 is 0. The molecule has 16 heavy (non-hydrogen) atoms. The van der Waals surface area contributed by atoms with Crippen molar-refractivity contribution >= 4 is 11.9 Å². The third-order valence-corrected chi connectivity index (χ3v) is 2.80. The van der Waals surface area contributed by atoms with Gasteiger partial charge in [0.1, 0.15) is 0 Å². The predicted octanol–water partition coefficient (Wildman–Crippen LogP) is 2.04. The molecule has 4 nitrogen and oxygen atoms in total. The summed E-state index contributed by atoms with van der Waals surface area (Å²) >= 11 is 0. The van der Waals surface area contributed by atoms with Crippen LogP contribution in [0.25, 0.3) is 0 Å². The minimum Gasteiger partial charge on any atom is -0.481 e. The fraction of sp³-hybridized carbons (Fsp3) is 0.833. The SMILES string of the molecule is CC(C)C(C)CNC(=O)CCCCC(=O)O. The summed E-state index contributed by atoms with van der Waals surface area (Å²) in [6.45, 7) is 7.07. The molecule has 94 valence electrons. The van der Waals surface area contributed by atoms with E-state index in [4.69, 9.17) is 5.11 Å². The molecule has 1 amide bonds. The van der Waals surface area contributed by atoms with E-state index in [9.17, 15) is 9.59 Å². The van der Waals surface area contributed by atoms with Crippen molar-refractivity contribution in [2.45, 2.75) is 46.5 Å². The summed E-state index contributed by atoms with van der Waals surface area (Å²) in [4.78, 5) is 21.6. The number of amides is 1. The molecule has 0 aliphatic heterocycles. The van der Waals surface area contributed by atoms with Crippen LogP contribution in [0.1, 0.15) is 46.5 Å². The first-order valence-corrected chi connectivity index (χ1v) is 5.92. The minimum absolute atomic E-state index is 0.0258. The summed E-state index contributed by atoms with van der Waals surface area (Å²) in [5, 5.41) is 11.3. The van der Waals surface area contributed by atoms with Gasteiger partial charge >= 0.3 is 5.97 Å². The van der Waals surface area contributed by atoms with Gasteiger partial charge in [-0.05, 0) is 24.7 Å². The molecule has 1 unspecified atom stereocenters. The highest BCUT2D eigenvalue weighted by molar-refractivity contribution is 5.75. The molecular weight excluding hydrogens is 206 g/mol. The predicted molar refractivity (Wildman–Crippen MR) is 63.1 cm³/mol. The molecule has 0 radical (unpaired) electrons. The number of rotatable bonds is 8. The molecule has 0 fully saturated rings. The molecular formula is C12H23NO3. The van der Waals surface area contributed by atoms with Crippen LogP contribution in [-0.4, -0.2) is 23.5 Å². The van der Waals surface area contributed by atoms with Gasteiger partial charge in [-0.3, -0.25) is 9.59 Å². The average Bonchev–Trinajstić information content (AvgIpc) is 2.20. The van der Waals surface area contributed by atoms with Gasteiger partial charge in [-0.2, -0.15) is 0 Å². The Morgan fingerprint density at radius 1 is 1.12 bits per heavy atom. The molecule has 0 aliphatic carbocycles. The van der Waals surface area contributed by atoms with Gasteiger partial charge < -0.3 is 10.4 Å². The third-order valence-electron chi connectivity index (χ3n) is 2.80. The number of nitrogens with one attached hydrogen (secondary N) is 1. The van der Waals surface area contributed by atoms with Crippen molar-refractivity contribution in [2.75, 3.05) is 6.54 Å². The molecule has 0 spiro atoms. The zero-order valence-corrected chi connectivity index (χ0v) is 10.5. The van der Waals surface area contributed by atoms with Crippen LogP contribution >= 0.6 is 0 Å². The largest absolute Gasteiger partial charge is 0.481 e. The molecule has 0 rings (SSSR count). The van der Waals surface area contributed by atoms with E-state index in [0.29, 0.717) is 37.6 Å². The molecule has 0 heterocycles. The Balaban J connectivity index is 3.48. The van der Waals surface area contributed by atoms with Crippen molar-refractivity contribution in [2.24, 2.45) is 11.8 Å². The molecule has 0 aliphatic rings. The van der Waals surface area contributed by atoms with Gasteiger partial charge in [0.25, 0.3) is 0 Å². The summed E-state index contributed by atoms with van der Waals surface area (Å²) in [6, 6.07) is 0. The van der Waals surface area contributed by atoms with Gasteiger partial charge in [0, 0.05) is 19.4 Å². The van der Waals surface area contributed by atoms with Crippen LogP contribution in [0.15, 0.2) is 0 Å². The van der Waals surface area contributed by atoms with E-state index in [0.717, 1.165) is 0 Å². The van der Waals surface area contributed by atoms with E-state index in [1.54, 1.807) is 0 Å². The molecule has 0 bridgehead atoms. The highest BCUT2D eigenvalue weighted by Crippen LogP contribution is 2.07. The fourth-order valence-electron chi connectivity index (χ4n) is 1.16.